The number of nitrogens with two attached hydrogens (primary N) is 1. The first-order valence-corrected chi connectivity index (χ1v) is 9.31. The minimum absolute atomic E-state index is 0.394. The molecule has 4 heteroatoms. The Morgan fingerprint density at radius 3 is 2.50 bits per heavy atom. The lowest BCUT2D eigenvalue weighted by Gasteiger charge is -2.22. The van der Waals surface area contributed by atoms with Crippen molar-refractivity contribution in [2.45, 2.75) is 56.9 Å². The second-order valence-electron chi connectivity index (χ2n) is 5.28. The molecule has 1 aromatic rings. The maximum atomic E-state index is 5.72. The SMILES string of the molecule is CCCCC(CC)CC(CSc1ccc(Br)cc1)NN. The molecule has 0 aliphatic carbocycles. The predicted molar refractivity (Wildman–Crippen MR) is 93.9 cm³/mol. The zero-order valence-corrected chi connectivity index (χ0v) is 15.0. The van der Waals surface area contributed by atoms with E-state index in [1.54, 1.807) is 0 Å². The molecule has 0 fully saturated rings. The van der Waals surface area contributed by atoms with Gasteiger partial charge in [-0.25, -0.2) is 0 Å². The van der Waals surface area contributed by atoms with Gasteiger partial charge in [-0.1, -0.05) is 55.5 Å². The quantitative estimate of drug-likeness (QED) is 0.352. The van der Waals surface area contributed by atoms with E-state index in [1.165, 1.54) is 37.0 Å². The molecule has 2 atom stereocenters. The molecule has 0 aromatic heterocycles. The van der Waals surface area contributed by atoms with Crippen molar-refractivity contribution in [3.05, 3.63) is 28.7 Å². The molecule has 0 saturated carbocycles. The van der Waals surface area contributed by atoms with Crippen LogP contribution in [0.2, 0.25) is 0 Å². The van der Waals surface area contributed by atoms with Gasteiger partial charge in [0.1, 0.15) is 0 Å². The molecule has 114 valence electrons. The van der Waals surface area contributed by atoms with E-state index in [-0.39, 0.29) is 0 Å². The average molecular weight is 359 g/mol. The molecule has 20 heavy (non-hydrogen) atoms. The molecule has 1 aromatic carbocycles. The van der Waals surface area contributed by atoms with Crippen molar-refractivity contribution in [1.29, 1.82) is 0 Å². The molecule has 0 saturated heterocycles. The third-order valence-electron chi connectivity index (χ3n) is 3.66. The van der Waals surface area contributed by atoms with E-state index in [4.69, 9.17) is 5.84 Å². The number of hydrogen-bond donors (Lipinski definition) is 2. The Morgan fingerprint density at radius 1 is 1.25 bits per heavy atom. The molecule has 0 aliphatic heterocycles. The Hall–Kier alpha value is -0.0300. The van der Waals surface area contributed by atoms with E-state index >= 15 is 0 Å². The Kier molecular flexibility index (Phi) is 9.61. The van der Waals surface area contributed by atoms with Crippen molar-refractivity contribution < 1.29 is 0 Å². The van der Waals surface area contributed by atoms with E-state index in [2.05, 4.69) is 59.5 Å². The highest BCUT2D eigenvalue weighted by Gasteiger charge is 2.14. The molecule has 1 rings (SSSR count). The molecule has 2 unspecified atom stereocenters. The maximum Gasteiger partial charge on any atom is 0.0307 e. The second kappa shape index (κ2) is 10.7. The Balaban J connectivity index is 2.39. The number of unbranched alkanes of at least 4 members (excludes halogenated alkanes) is 1. The smallest absolute Gasteiger partial charge is 0.0307 e. The predicted octanol–water partition coefficient (Wildman–Crippen LogP) is 4.98. The van der Waals surface area contributed by atoms with Gasteiger partial charge in [-0.3, -0.25) is 11.3 Å². The molecule has 0 radical (unpaired) electrons. The van der Waals surface area contributed by atoms with E-state index in [0.717, 1.165) is 16.1 Å². The lowest BCUT2D eigenvalue weighted by atomic mass is 9.93. The fourth-order valence-corrected chi connectivity index (χ4v) is 3.51. The van der Waals surface area contributed by atoms with Gasteiger partial charge in [-0.2, -0.15) is 0 Å². The Bertz CT molecular complexity index is 356. The van der Waals surface area contributed by atoms with Crippen LogP contribution in [0.25, 0.3) is 0 Å². The highest BCUT2D eigenvalue weighted by Crippen LogP contribution is 2.24. The van der Waals surface area contributed by atoms with E-state index in [0.29, 0.717) is 6.04 Å². The molecular weight excluding hydrogens is 332 g/mol. The van der Waals surface area contributed by atoms with Crippen LogP contribution in [0.3, 0.4) is 0 Å². The van der Waals surface area contributed by atoms with Gasteiger partial charge in [0.2, 0.25) is 0 Å². The molecule has 0 amide bonds. The van der Waals surface area contributed by atoms with E-state index < -0.39 is 0 Å². The normalized spacial score (nSPS) is 14.2. The monoisotopic (exact) mass is 358 g/mol. The summed E-state index contributed by atoms with van der Waals surface area (Å²) in [6, 6.07) is 8.87. The summed E-state index contributed by atoms with van der Waals surface area (Å²) in [6.45, 7) is 4.55. The van der Waals surface area contributed by atoms with Gasteiger partial charge in [0.15, 0.2) is 0 Å². The first kappa shape index (κ1) is 18.0. The molecule has 3 N–H and O–H groups in total. The van der Waals surface area contributed by atoms with Crippen LogP contribution < -0.4 is 11.3 Å². The molecule has 0 aliphatic rings. The average Bonchev–Trinajstić information content (AvgIpc) is 2.48. The minimum atomic E-state index is 0.394. The van der Waals surface area contributed by atoms with E-state index in [9.17, 15) is 0 Å². The topological polar surface area (TPSA) is 38.0 Å². The molecular formula is C16H27BrN2S. The maximum absolute atomic E-state index is 5.72. The van der Waals surface area contributed by atoms with Gasteiger partial charge in [-0.15, -0.1) is 11.8 Å². The Labute approximate surface area is 136 Å². The van der Waals surface area contributed by atoms with Crippen LogP contribution in [0.1, 0.15) is 46.0 Å². The number of hydrogen-bond acceptors (Lipinski definition) is 3. The van der Waals surface area contributed by atoms with Crippen LogP contribution in [-0.4, -0.2) is 11.8 Å². The largest absolute Gasteiger partial charge is 0.271 e. The van der Waals surface area contributed by atoms with Crippen LogP contribution in [0, 0.1) is 5.92 Å². The second-order valence-corrected chi connectivity index (χ2v) is 7.29. The van der Waals surface area contributed by atoms with Crippen molar-refractivity contribution >= 4 is 27.7 Å². The van der Waals surface area contributed by atoms with Crippen molar-refractivity contribution in [2.24, 2.45) is 11.8 Å². The number of nitrogens with one attached hydrogen (secondary N) is 1. The number of benzene rings is 1. The number of halogens is 1. The fraction of sp³-hybridized carbons (Fsp3) is 0.625. The third-order valence-corrected chi connectivity index (χ3v) is 5.36. The van der Waals surface area contributed by atoms with Gasteiger partial charge >= 0.3 is 0 Å². The summed E-state index contributed by atoms with van der Waals surface area (Å²) < 4.78 is 1.13. The van der Waals surface area contributed by atoms with Gasteiger partial charge in [0.25, 0.3) is 0 Å². The van der Waals surface area contributed by atoms with Crippen LogP contribution in [0.5, 0.6) is 0 Å². The summed E-state index contributed by atoms with van der Waals surface area (Å²) in [5.41, 5.74) is 2.99. The summed E-state index contributed by atoms with van der Waals surface area (Å²) >= 11 is 5.34. The first-order valence-electron chi connectivity index (χ1n) is 7.54. The fourth-order valence-electron chi connectivity index (χ4n) is 2.30. The lowest BCUT2D eigenvalue weighted by Crippen LogP contribution is -2.38. The third kappa shape index (κ3) is 7.11. The van der Waals surface area contributed by atoms with Gasteiger partial charge in [0.05, 0.1) is 0 Å². The zero-order valence-electron chi connectivity index (χ0n) is 12.6. The highest BCUT2D eigenvalue weighted by molar-refractivity contribution is 9.10. The van der Waals surface area contributed by atoms with Crippen LogP contribution >= 0.6 is 27.7 Å². The number of rotatable bonds is 10. The van der Waals surface area contributed by atoms with Gasteiger partial charge < -0.3 is 0 Å². The van der Waals surface area contributed by atoms with Crippen LogP contribution in [-0.2, 0) is 0 Å². The van der Waals surface area contributed by atoms with Crippen LogP contribution in [0.4, 0.5) is 0 Å². The lowest BCUT2D eigenvalue weighted by molar-refractivity contribution is 0.367. The summed E-state index contributed by atoms with van der Waals surface area (Å²) in [5, 5.41) is 0. The summed E-state index contributed by atoms with van der Waals surface area (Å²) in [4.78, 5) is 1.30. The zero-order chi connectivity index (χ0) is 14.8. The molecule has 0 heterocycles. The van der Waals surface area contributed by atoms with Crippen molar-refractivity contribution in [3.8, 4) is 0 Å². The summed E-state index contributed by atoms with van der Waals surface area (Å²) in [7, 11) is 0. The van der Waals surface area contributed by atoms with Crippen molar-refractivity contribution in [3.63, 3.8) is 0 Å². The standard InChI is InChI=1S/C16H27BrN2S/c1-3-5-6-13(4-2)11-15(19-18)12-20-16-9-7-14(17)8-10-16/h7-10,13,15,19H,3-6,11-12,18H2,1-2H3. The van der Waals surface area contributed by atoms with Crippen molar-refractivity contribution in [2.75, 3.05) is 5.75 Å². The van der Waals surface area contributed by atoms with Gasteiger partial charge in [-0.05, 0) is 36.6 Å². The summed E-state index contributed by atoms with van der Waals surface area (Å²) in [5.74, 6) is 7.54. The molecule has 0 bridgehead atoms. The first-order chi connectivity index (χ1) is 9.69. The van der Waals surface area contributed by atoms with Crippen molar-refractivity contribution in [1.82, 2.24) is 5.43 Å². The van der Waals surface area contributed by atoms with Crippen LogP contribution in [0.15, 0.2) is 33.6 Å². The Morgan fingerprint density at radius 2 is 1.95 bits per heavy atom. The molecule has 2 nitrogen and oxygen atoms in total. The van der Waals surface area contributed by atoms with Gasteiger partial charge in [0, 0.05) is 21.2 Å². The van der Waals surface area contributed by atoms with E-state index in [1.807, 2.05) is 11.8 Å². The number of hydrazine groups is 1. The minimum Gasteiger partial charge on any atom is -0.271 e. The summed E-state index contributed by atoms with van der Waals surface area (Å²) in [6.07, 6.45) is 6.37. The molecule has 0 spiro atoms. The number of thioether (sulfide) groups is 1. The highest BCUT2D eigenvalue weighted by atomic mass is 79.9.